The second-order valence-electron chi connectivity index (χ2n) is 8.68. The molecule has 190 valence electrons. The molecule has 2 heterocycles. The van der Waals surface area contributed by atoms with Gasteiger partial charge in [0.2, 0.25) is 0 Å². The number of fused-ring (bicyclic) bond motifs is 1. The zero-order valence-electron chi connectivity index (χ0n) is 19.8. The number of ether oxygens (including phenoxy) is 1. The summed E-state index contributed by atoms with van der Waals surface area (Å²) in [6.45, 7) is 3.78. The molecule has 36 heavy (non-hydrogen) atoms. The average molecular weight is 502 g/mol. The van der Waals surface area contributed by atoms with Gasteiger partial charge in [-0.05, 0) is 43.9 Å². The predicted octanol–water partition coefficient (Wildman–Crippen LogP) is 5.00. The zero-order chi connectivity index (χ0) is 26.1. The first-order valence-electron chi connectivity index (χ1n) is 11.6. The van der Waals surface area contributed by atoms with E-state index in [1.807, 2.05) is 6.07 Å². The van der Waals surface area contributed by atoms with Gasteiger partial charge in [0.15, 0.2) is 0 Å². The first kappa shape index (κ1) is 25.3. The Morgan fingerprint density at radius 2 is 1.78 bits per heavy atom. The average Bonchev–Trinajstić information content (AvgIpc) is 3.06. The molecule has 3 amide bonds. The topological polar surface area (TPSA) is 88.9 Å². The summed E-state index contributed by atoms with van der Waals surface area (Å²) in [4.78, 5) is 38.3. The molecule has 1 atom stereocenters. The molecule has 10 heteroatoms. The van der Waals surface area contributed by atoms with Crippen molar-refractivity contribution in [2.24, 2.45) is 0 Å². The van der Waals surface area contributed by atoms with Crippen LogP contribution in [0.1, 0.15) is 43.4 Å². The minimum Gasteiger partial charge on any atom is -0.493 e. The van der Waals surface area contributed by atoms with Gasteiger partial charge in [-0.1, -0.05) is 37.3 Å². The van der Waals surface area contributed by atoms with Gasteiger partial charge < -0.3 is 14.5 Å². The number of nitrogens with zero attached hydrogens (tertiary/aromatic N) is 1. The quantitative estimate of drug-likeness (QED) is 0.266. The summed E-state index contributed by atoms with van der Waals surface area (Å²) in [7, 11) is 0. The van der Waals surface area contributed by atoms with Crippen LogP contribution in [0.2, 0.25) is 0 Å². The number of imide groups is 1. The monoisotopic (exact) mass is 502 g/mol. The Labute approximate surface area is 204 Å². The van der Waals surface area contributed by atoms with Gasteiger partial charge in [0.05, 0.1) is 12.2 Å². The van der Waals surface area contributed by atoms with E-state index in [1.165, 1.54) is 17.0 Å². The van der Waals surface area contributed by atoms with Crippen LogP contribution < -0.4 is 15.7 Å². The molecular formula is C26H25F3N2O5. The number of hydrogen-bond acceptors (Lipinski definition) is 5. The minimum atomic E-state index is -4.70. The third-order valence-electron chi connectivity index (χ3n) is 6.29. The number of aryl methyl sites for hydroxylation is 1. The number of nitrogens with one attached hydrogen (secondary N) is 1. The Bertz CT molecular complexity index is 1350. The molecule has 3 aromatic rings. The number of benzene rings is 2. The number of carbonyl (C=O) groups is 2. The summed E-state index contributed by atoms with van der Waals surface area (Å²) < 4.78 is 51.0. The lowest BCUT2D eigenvalue weighted by atomic mass is 9.92. The molecule has 1 aliphatic heterocycles. The van der Waals surface area contributed by atoms with E-state index in [-0.39, 0.29) is 36.4 Å². The van der Waals surface area contributed by atoms with E-state index < -0.39 is 28.9 Å². The van der Waals surface area contributed by atoms with Crippen molar-refractivity contribution in [3.8, 4) is 5.75 Å². The van der Waals surface area contributed by atoms with Gasteiger partial charge >= 0.3 is 17.8 Å². The van der Waals surface area contributed by atoms with Gasteiger partial charge in [0.1, 0.15) is 16.9 Å². The first-order valence-corrected chi connectivity index (χ1v) is 11.6. The second-order valence-corrected chi connectivity index (χ2v) is 8.68. The maximum absolute atomic E-state index is 13.4. The molecule has 1 saturated heterocycles. The molecule has 7 nitrogen and oxygen atoms in total. The second kappa shape index (κ2) is 9.67. The van der Waals surface area contributed by atoms with Crippen LogP contribution in [0.3, 0.4) is 0 Å². The fourth-order valence-corrected chi connectivity index (χ4v) is 4.39. The normalized spacial score (nSPS) is 18.1. The lowest BCUT2D eigenvalue weighted by molar-refractivity contribution is -0.136. The van der Waals surface area contributed by atoms with E-state index in [1.54, 1.807) is 38.1 Å². The van der Waals surface area contributed by atoms with E-state index in [0.717, 1.165) is 0 Å². The zero-order valence-corrected chi connectivity index (χ0v) is 19.8. The molecule has 0 bridgehead atoms. The first-order chi connectivity index (χ1) is 17.1. The van der Waals surface area contributed by atoms with Crippen LogP contribution in [0, 0.1) is 0 Å². The SMILES string of the molecule is CCc1c(OCCCCN2C(=O)NC(C)(c3ccccc3)C2=O)ccc2c(C(F)(F)F)cc(=O)oc12. The Morgan fingerprint density at radius 1 is 1.06 bits per heavy atom. The highest BCUT2D eigenvalue weighted by Gasteiger charge is 2.48. The van der Waals surface area contributed by atoms with E-state index in [0.29, 0.717) is 35.8 Å². The Kier molecular flexibility index (Phi) is 6.79. The predicted molar refractivity (Wildman–Crippen MR) is 126 cm³/mol. The molecule has 1 fully saturated rings. The van der Waals surface area contributed by atoms with Crippen molar-refractivity contribution in [3.05, 3.63) is 75.6 Å². The molecule has 2 aromatic carbocycles. The highest BCUT2D eigenvalue weighted by molar-refractivity contribution is 6.07. The summed E-state index contributed by atoms with van der Waals surface area (Å²) in [6.07, 6.45) is -3.46. The number of amides is 3. The van der Waals surface area contributed by atoms with E-state index in [9.17, 15) is 27.6 Å². The van der Waals surface area contributed by atoms with Crippen molar-refractivity contribution in [2.75, 3.05) is 13.2 Å². The van der Waals surface area contributed by atoms with Crippen molar-refractivity contribution in [3.63, 3.8) is 0 Å². The van der Waals surface area contributed by atoms with Gasteiger partial charge in [-0.2, -0.15) is 13.2 Å². The minimum absolute atomic E-state index is 0.144. The largest absolute Gasteiger partial charge is 0.493 e. The van der Waals surface area contributed by atoms with Crippen LogP contribution in [0.4, 0.5) is 18.0 Å². The van der Waals surface area contributed by atoms with Crippen molar-refractivity contribution in [1.29, 1.82) is 0 Å². The molecule has 0 radical (unpaired) electrons. The highest BCUT2D eigenvalue weighted by atomic mass is 19.4. The van der Waals surface area contributed by atoms with Crippen LogP contribution in [0.15, 0.2) is 57.7 Å². The Balaban J connectivity index is 1.40. The number of unbranched alkanes of at least 4 members (excludes halogenated alkanes) is 1. The van der Waals surface area contributed by atoms with Crippen molar-refractivity contribution in [2.45, 2.75) is 44.8 Å². The molecule has 1 unspecified atom stereocenters. The number of carbonyl (C=O) groups excluding carboxylic acids is 2. The number of halogens is 3. The third-order valence-corrected chi connectivity index (χ3v) is 6.29. The Morgan fingerprint density at radius 3 is 2.44 bits per heavy atom. The van der Waals surface area contributed by atoms with Crippen LogP contribution >= 0.6 is 0 Å². The maximum atomic E-state index is 13.4. The molecule has 1 aliphatic rings. The number of hydrogen-bond donors (Lipinski definition) is 1. The van der Waals surface area contributed by atoms with Gasteiger partial charge in [-0.15, -0.1) is 0 Å². The molecule has 1 N–H and O–H groups in total. The fraction of sp³-hybridized carbons (Fsp3) is 0.346. The van der Waals surface area contributed by atoms with E-state index >= 15 is 0 Å². The summed E-state index contributed by atoms with van der Waals surface area (Å²) in [5.74, 6) is -0.0166. The maximum Gasteiger partial charge on any atom is 0.417 e. The van der Waals surface area contributed by atoms with Crippen molar-refractivity contribution < 1.29 is 31.9 Å². The van der Waals surface area contributed by atoms with Crippen LogP contribution in [-0.2, 0) is 22.9 Å². The summed E-state index contributed by atoms with van der Waals surface area (Å²) in [6, 6.07) is 11.6. The molecule has 0 spiro atoms. The number of rotatable bonds is 8. The van der Waals surface area contributed by atoms with Crippen LogP contribution in [0.5, 0.6) is 5.75 Å². The summed E-state index contributed by atoms with van der Waals surface area (Å²) in [5.41, 5.74) is -2.35. The lowest BCUT2D eigenvalue weighted by Crippen LogP contribution is -2.40. The van der Waals surface area contributed by atoms with E-state index in [4.69, 9.17) is 9.15 Å². The molecule has 1 aromatic heterocycles. The number of urea groups is 1. The van der Waals surface area contributed by atoms with Crippen molar-refractivity contribution >= 4 is 22.9 Å². The lowest BCUT2D eigenvalue weighted by Gasteiger charge is -2.22. The fourth-order valence-electron chi connectivity index (χ4n) is 4.39. The van der Waals surface area contributed by atoms with Gasteiger partial charge in [0, 0.05) is 23.6 Å². The number of alkyl halides is 3. The summed E-state index contributed by atoms with van der Waals surface area (Å²) >= 11 is 0. The Hall–Kier alpha value is -3.82. The van der Waals surface area contributed by atoms with Gasteiger partial charge in [-0.25, -0.2) is 9.59 Å². The van der Waals surface area contributed by atoms with Crippen LogP contribution in [0.25, 0.3) is 11.0 Å². The van der Waals surface area contributed by atoms with Crippen molar-refractivity contribution in [1.82, 2.24) is 10.2 Å². The third kappa shape index (κ3) is 4.67. The molecule has 0 aliphatic carbocycles. The van der Waals surface area contributed by atoms with Crippen LogP contribution in [-0.4, -0.2) is 30.0 Å². The van der Waals surface area contributed by atoms with E-state index in [2.05, 4.69) is 5.32 Å². The molecular weight excluding hydrogens is 477 g/mol. The van der Waals surface area contributed by atoms with Gasteiger partial charge in [-0.3, -0.25) is 9.69 Å². The van der Waals surface area contributed by atoms with Gasteiger partial charge in [0.25, 0.3) is 5.91 Å². The summed E-state index contributed by atoms with van der Waals surface area (Å²) in [5, 5.41) is 2.55. The highest BCUT2D eigenvalue weighted by Crippen LogP contribution is 2.37. The standard InChI is InChI=1S/C26H25F3N2O5/c1-3-17-20(12-11-18-19(26(27,28)29)15-21(32)36-22(17)18)35-14-8-7-13-31-23(33)25(2,30-24(31)34)16-9-5-4-6-10-16/h4-6,9-12,15H,3,7-8,13-14H2,1-2H3,(H,30,34). The molecule has 0 saturated carbocycles. The smallest absolute Gasteiger partial charge is 0.417 e. The molecule has 4 rings (SSSR count).